The van der Waals surface area contributed by atoms with E-state index in [4.69, 9.17) is 4.74 Å². The largest absolute Gasteiger partial charge is 0.372 e. The number of hydrogen-bond donors (Lipinski definition) is 1. The van der Waals surface area contributed by atoms with Gasteiger partial charge in [-0.15, -0.1) is 0 Å². The van der Waals surface area contributed by atoms with Crippen molar-refractivity contribution in [2.45, 2.75) is 44.8 Å². The molecule has 1 aliphatic rings. The standard InChI is InChI=1S/C21H26N2O4S/c1-14-6-5-7-20(17(14)4)22-28(25,26)19-10-8-18(9-11-19)21(24)23-12-15(2)27-16(3)13-23/h5-11,15-16,22H,12-13H2,1-4H3/t15-,16-/m1/s1. The number of nitrogens with zero attached hydrogens (tertiary/aromatic N) is 1. The van der Waals surface area contributed by atoms with Gasteiger partial charge in [0.2, 0.25) is 0 Å². The third-order valence-electron chi connectivity index (χ3n) is 4.97. The Hall–Kier alpha value is -2.38. The summed E-state index contributed by atoms with van der Waals surface area (Å²) in [5.41, 5.74) is 2.91. The van der Waals surface area contributed by atoms with E-state index in [1.165, 1.54) is 12.1 Å². The second kappa shape index (κ2) is 7.93. The molecule has 0 bridgehead atoms. The first kappa shape index (κ1) is 20.4. The Kier molecular flexibility index (Phi) is 5.76. The number of morpholine rings is 1. The summed E-state index contributed by atoms with van der Waals surface area (Å²) in [6.07, 6.45) is -0.0387. The minimum atomic E-state index is -3.73. The van der Waals surface area contributed by atoms with Crippen molar-refractivity contribution < 1.29 is 17.9 Å². The van der Waals surface area contributed by atoms with Gasteiger partial charge in [-0.2, -0.15) is 0 Å². The summed E-state index contributed by atoms with van der Waals surface area (Å²) in [6.45, 7) is 8.73. The molecule has 1 aliphatic heterocycles. The average molecular weight is 403 g/mol. The molecule has 2 atom stereocenters. The zero-order valence-corrected chi connectivity index (χ0v) is 17.4. The van der Waals surface area contributed by atoms with Gasteiger partial charge in [-0.3, -0.25) is 9.52 Å². The summed E-state index contributed by atoms with van der Waals surface area (Å²) in [4.78, 5) is 14.6. The van der Waals surface area contributed by atoms with E-state index in [0.29, 0.717) is 24.3 Å². The molecule has 2 aromatic carbocycles. The number of anilines is 1. The maximum Gasteiger partial charge on any atom is 0.261 e. The minimum Gasteiger partial charge on any atom is -0.372 e. The Bertz CT molecular complexity index is 960. The fourth-order valence-corrected chi connectivity index (χ4v) is 4.49. The van der Waals surface area contributed by atoms with Crippen LogP contribution in [0.15, 0.2) is 47.4 Å². The van der Waals surface area contributed by atoms with Gasteiger partial charge in [0, 0.05) is 18.7 Å². The number of amides is 1. The molecule has 2 aromatic rings. The Morgan fingerprint density at radius 2 is 1.64 bits per heavy atom. The van der Waals surface area contributed by atoms with Crippen LogP contribution in [-0.4, -0.2) is 44.5 Å². The van der Waals surface area contributed by atoms with Crippen LogP contribution in [-0.2, 0) is 14.8 Å². The van der Waals surface area contributed by atoms with Crippen molar-refractivity contribution in [2.24, 2.45) is 0 Å². The summed E-state index contributed by atoms with van der Waals surface area (Å²) >= 11 is 0. The highest BCUT2D eigenvalue weighted by Crippen LogP contribution is 2.23. The lowest BCUT2D eigenvalue weighted by molar-refractivity contribution is -0.0586. The predicted molar refractivity (Wildman–Crippen MR) is 109 cm³/mol. The quantitative estimate of drug-likeness (QED) is 0.851. The zero-order chi connectivity index (χ0) is 20.5. The van der Waals surface area contributed by atoms with E-state index in [-0.39, 0.29) is 23.0 Å². The molecule has 3 rings (SSSR count). The van der Waals surface area contributed by atoms with Crippen LogP contribution < -0.4 is 4.72 Å². The van der Waals surface area contributed by atoms with Gasteiger partial charge in [0.05, 0.1) is 22.8 Å². The normalized spacial score (nSPS) is 20.1. The highest BCUT2D eigenvalue weighted by Gasteiger charge is 2.27. The molecule has 0 aromatic heterocycles. The van der Waals surface area contributed by atoms with Crippen molar-refractivity contribution in [1.29, 1.82) is 0 Å². The Labute approximate surface area is 166 Å². The molecule has 1 amide bonds. The van der Waals surface area contributed by atoms with Gasteiger partial charge in [0.15, 0.2) is 0 Å². The van der Waals surface area contributed by atoms with Crippen LogP contribution in [0.1, 0.15) is 35.3 Å². The SMILES string of the molecule is Cc1cccc(NS(=O)(=O)c2ccc(C(=O)N3C[C@@H](C)O[C@H](C)C3)cc2)c1C. The van der Waals surface area contributed by atoms with Gasteiger partial charge in [0.25, 0.3) is 15.9 Å². The number of rotatable bonds is 4. The Morgan fingerprint density at radius 3 is 2.25 bits per heavy atom. The van der Waals surface area contributed by atoms with Crippen LogP contribution >= 0.6 is 0 Å². The first-order valence-electron chi connectivity index (χ1n) is 9.31. The molecule has 0 aliphatic carbocycles. The van der Waals surface area contributed by atoms with Crippen LogP contribution in [0.5, 0.6) is 0 Å². The third kappa shape index (κ3) is 4.36. The fraction of sp³-hybridized carbons (Fsp3) is 0.381. The van der Waals surface area contributed by atoms with Gasteiger partial charge in [0.1, 0.15) is 0 Å². The topological polar surface area (TPSA) is 75.7 Å². The van der Waals surface area contributed by atoms with E-state index in [1.807, 2.05) is 39.8 Å². The van der Waals surface area contributed by atoms with E-state index < -0.39 is 10.0 Å². The van der Waals surface area contributed by atoms with Crippen LogP contribution in [0.2, 0.25) is 0 Å². The first-order valence-corrected chi connectivity index (χ1v) is 10.8. The van der Waals surface area contributed by atoms with E-state index in [0.717, 1.165) is 11.1 Å². The number of sulfonamides is 1. The van der Waals surface area contributed by atoms with Crippen molar-refractivity contribution in [3.63, 3.8) is 0 Å². The van der Waals surface area contributed by atoms with Crippen molar-refractivity contribution in [3.05, 3.63) is 59.2 Å². The lowest BCUT2D eigenvalue weighted by atomic mass is 10.1. The van der Waals surface area contributed by atoms with Crippen molar-refractivity contribution in [3.8, 4) is 0 Å². The molecular weight excluding hydrogens is 376 g/mol. The number of aryl methyl sites for hydroxylation is 1. The zero-order valence-electron chi connectivity index (χ0n) is 16.6. The number of hydrogen-bond acceptors (Lipinski definition) is 4. The molecule has 28 heavy (non-hydrogen) atoms. The average Bonchev–Trinajstić information content (AvgIpc) is 2.64. The van der Waals surface area contributed by atoms with Crippen LogP contribution in [0.3, 0.4) is 0 Å². The van der Waals surface area contributed by atoms with Gasteiger partial charge in [-0.05, 0) is 69.2 Å². The molecule has 1 saturated heterocycles. The molecule has 0 radical (unpaired) electrons. The molecule has 0 unspecified atom stereocenters. The van der Waals surface area contributed by atoms with E-state index >= 15 is 0 Å². The molecule has 1 heterocycles. The molecule has 7 heteroatoms. The first-order chi connectivity index (χ1) is 13.2. The second-order valence-corrected chi connectivity index (χ2v) is 9.03. The molecular formula is C21H26N2O4S. The monoisotopic (exact) mass is 402 g/mol. The van der Waals surface area contributed by atoms with Crippen molar-refractivity contribution >= 4 is 21.6 Å². The molecule has 0 saturated carbocycles. The van der Waals surface area contributed by atoms with Crippen LogP contribution in [0, 0.1) is 13.8 Å². The van der Waals surface area contributed by atoms with Crippen LogP contribution in [0.25, 0.3) is 0 Å². The van der Waals surface area contributed by atoms with E-state index in [2.05, 4.69) is 4.72 Å². The maximum absolute atomic E-state index is 12.7. The molecule has 150 valence electrons. The lowest BCUT2D eigenvalue weighted by Gasteiger charge is -2.35. The Balaban J connectivity index is 1.78. The van der Waals surface area contributed by atoms with Crippen LogP contribution in [0.4, 0.5) is 5.69 Å². The number of ether oxygens (including phenoxy) is 1. The number of carbonyl (C=O) groups is 1. The summed E-state index contributed by atoms with van der Waals surface area (Å²) in [7, 11) is -3.73. The summed E-state index contributed by atoms with van der Waals surface area (Å²) in [6, 6.07) is 11.5. The summed E-state index contributed by atoms with van der Waals surface area (Å²) in [5, 5.41) is 0. The van der Waals surface area contributed by atoms with Crippen molar-refractivity contribution in [1.82, 2.24) is 4.90 Å². The minimum absolute atomic E-state index is 0.0193. The molecule has 1 fully saturated rings. The molecule has 0 spiro atoms. The molecule has 1 N–H and O–H groups in total. The molecule has 6 nitrogen and oxygen atoms in total. The van der Waals surface area contributed by atoms with Gasteiger partial charge in [-0.25, -0.2) is 8.42 Å². The number of carbonyl (C=O) groups excluding carboxylic acids is 1. The smallest absolute Gasteiger partial charge is 0.261 e. The third-order valence-corrected chi connectivity index (χ3v) is 6.35. The highest BCUT2D eigenvalue weighted by atomic mass is 32.2. The van der Waals surface area contributed by atoms with E-state index in [1.54, 1.807) is 23.1 Å². The van der Waals surface area contributed by atoms with Gasteiger partial charge in [-0.1, -0.05) is 12.1 Å². The number of benzene rings is 2. The predicted octanol–water partition coefficient (Wildman–Crippen LogP) is 3.35. The maximum atomic E-state index is 12.7. The summed E-state index contributed by atoms with van der Waals surface area (Å²) < 4.78 is 33.7. The van der Waals surface area contributed by atoms with Gasteiger partial charge >= 0.3 is 0 Å². The lowest BCUT2D eigenvalue weighted by Crippen LogP contribution is -2.48. The Morgan fingerprint density at radius 1 is 1.04 bits per heavy atom. The van der Waals surface area contributed by atoms with E-state index in [9.17, 15) is 13.2 Å². The summed E-state index contributed by atoms with van der Waals surface area (Å²) in [5.74, 6) is -0.117. The van der Waals surface area contributed by atoms with Gasteiger partial charge < -0.3 is 9.64 Å². The highest BCUT2D eigenvalue weighted by molar-refractivity contribution is 7.92. The second-order valence-electron chi connectivity index (χ2n) is 7.34. The van der Waals surface area contributed by atoms with Crippen molar-refractivity contribution in [2.75, 3.05) is 17.8 Å². The fourth-order valence-electron chi connectivity index (χ4n) is 3.37. The number of nitrogens with one attached hydrogen (secondary N) is 1.